The first-order valence-electron chi connectivity index (χ1n) is 8.80. The van der Waals surface area contributed by atoms with Crippen molar-refractivity contribution < 1.29 is 22.7 Å². The number of benzene rings is 1. The number of hydrogen-bond acceptors (Lipinski definition) is 6. The van der Waals surface area contributed by atoms with Crippen LogP contribution in [0.1, 0.15) is 26.7 Å². The van der Waals surface area contributed by atoms with Crippen molar-refractivity contribution in [2.24, 2.45) is 5.73 Å². The van der Waals surface area contributed by atoms with Crippen LogP contribution in [0.3, 0.4) is 0 Å². The van der Waals surface area contributed by atoms with Crippen LogP contribution in [-0.4, -0.2) is 58.1 Å². The Morgan fingerprint density at radius 3 is 2.42 bits per heavy atom. The number of nitrogens with two attached hydrogens (primary N) is 1. The van der Waals surface area contributed by atoms with E-state index >= 15 is 0 Å². The summed E-state index contributed by atoms with van der Waals surface area (Å²) in [6.45, 7) is 5.29. The highest BCUT2D eigenvalue weighted by Crippen LogP contribution is 2.30. The van der Waals surface area contributed by atoms with Crippen LogP contribution in [-0.2, 0) is 14.8 Å². The van der Waals surface area contributed by atoms with Crippen molar-refractivity contribution in [3.8, 4) is 11.5 Å². The van der Waals surface area contributed by atoms with Gasteiger partial charge in [-0.2, -0.15) is 0 Å². The van der Waals surface area contributed by atoms with Crippen LogP contribution in [0, 0.1) is 0 Å². The average Bonchev–Trinajstić information content (AvgIpc) is 2.62. The van der Waals surface area contributed by atoms with Crippen LogP contribution in [0.25, 0.3) is 0 Å². The molecular weight excluding hydrogens is 358 g/mol. The molecule has 1 saturated heterocycles. The van der Waals surface area contributed by atoms with E-state index in [4.69, 9.17) is 15.2 Å². The van der Waals surface area contributed by atoms with Gasteiger partial charge in [0, 0.05) is 25.2 Å². The van der Waals surface area contributed by atoms with Crippen molar-refractivity contribution >= 4 is 15.9 Å². The van der Waals surface area contributed by atoms with Gasteiger partial charge < -0.3 is 20.1 Å². The van der Waals surface area contributed by atoms with Crippen molar-refractivity contribution in [3.05, 3.63) is 18.2 Å². The minimum atomic E-state index is -3.84. The van der Waals surface area contributed by atoms with E-state index in [1.165, 1.54) is 12.1 Å². The number of carbonyl (C=O) groups is 1. The summed E-state index contributed by atoms with van der Waals surface area (Å²) in [6.07, 6.45) is 1.46. The highest BCUT2D eigenvalue weighted by atomic mass is 32.2. The number of nitrogens with one attached hydrogen (secondary N) is 1. The molecule has 1 aliphatic heterocycles. The van der Waals surface area contributed by atoms with Gasteiger partial charge in [-0.25, -0.2) is 13.1 Å². The molecule has 0 aromatic heterocycles. The number of ether oxygens (including phenoxy) is 2. The maximum atomic E-state index is 12.5. The molecule has 0 spiro atoms. The van der Waals surface area contributed by atoms with Crippen LogP contribution >= 0.6 is 0 Å². The fourth-order valence-corrected chi connectivity index (χ4v) is 3.69. The Morgan fingerprint density at radius 2 is 1.81 bits per heavy atom. The van der Waals surface area contributed by atoms with Crippen molar-refractivity contribution in [2.75, 3.05) is 32.8 Å². The number of rotatable bonds is 8. The average molecular weight is 385 g/mol. The molecule has 0 atom stereocenters. The second kappa shape index (κ2) is 9.20. The fourth-order valence-electron chi connectivity index (χ4n) is 2.70. The van der Waals surface area contributed by atoms with Crippen molar-refractivity contribution in [3.63, 3.8) is 0 Å². The third kappa shape index (κ3) is 5.33. The molecule has 0 saturated carbocycles. The van der Waals surface area contributed by atoms with Gasteiger partial charge in [0.25, 0.3) is 0 Å². The summed E-state index contributed by atoms with van der Waals surface area (Å²) in [5, 5.41) is 0. The fraction of sp³-hybridized carbons (Fsp3) is 0.588. The lowest BCUT2D eigenvalue weighted by Crippen LogP contribution is -2.46. The number of sulfonamides is 1. The second-order valence-electron chi connectivity index (χ2n) is 6.02. The van der Waals surface area contributed by atoms with Crippen LogP contribution in [0.4, 0.5) is 0 Å². The topological polar surface area (TPSA) is 111 Å². The molecule has 2 rings (SSSR count). The molecule has 1 aromatic rings. The lowest BCUT2D eigenvalue weighted by molar-refractivity contribution is -0.130. The number of carbonyl (C=O) groups excluding carboxylic acids is 1. The Hall–Kier alpha value is -1.84. The highest BCUT2D eigenvalue weighted by Gasteiger charge is 2.23. The van der Waals surface area contributed by atoms with Crippen LogP contribution < -0.4 is 19.9 Å². The van der Waals surface area contributed by atoms with Crippen LogP contribution in [0.5, 0.6) is 11.5 Å². The molecule has 1 amide bonds. The van der Waals surface area contributed by atoms with Crippen molar-refractivity contribution in [1.29, 1.82) is 0 Å². The van der Waals surface area contributed by atoms with Gasteiger partial charge in [-0.05, 0) is 38.8 Å². The number of hydrogen-bond donors (Lipinski definition) is 2. The smallest absolute Gasteiger partial charge is 0.241 e. The molecule has 8 nitrogen and oxygen atoms in total. The zero-order chi connectivity index (χ0) is 19.2. The molecule has 1 fully saturated rings. The lowest BCUT2D eigenvalue weighted by atomic mass is 10.1. The zero-order valence-corrected chi connectivity index (χ0v) is 16.0. The SMILES string of the molecule is CCOc1ccc(S(=O)(=O)NCC(=O)N2CCC(N)CC2)cc1OCC. The van der Waals surface area contributed by atoms with E-state index in [0.29, 0.717) is 37.8 Å². The van der Waals surface area contributed by atoms with E-state index in [1.54, 1.807) is 17.9 Å². The van der Waals surface area contributed by atoms with Gasteiger partial charge in [-0.3, -0.25) is 4.79 Å². The van der Waals surface area contributed by atoms with Gasteiger partial charge in [-0.15, -0.1) is 0 Å². The lowest BCUT2D eigenvalue weighted by Gasteiger charge is -2.30. The minimum Gasteiger partial charge on any atom is -0.490 e. The van der Waals surface area contributed by atoms with E-state index in [0.717, 1.165) is 12.8 Å². The minimum absolute atomic E-state index is 0.0258. The Kier molecular flexibility index (Phi) is 7.24. The van der Waals surface area contributed by atoms with E-state index in [-0.39, 0.29) is 23.4 Å². The summed E-state index contributed by atoms with van der Waals surface area (Å²) in [5.41, 5.74) is 5.82. The first kappa shape index (κ1) is 20.5. The molecule has 26 heavy (non-hydrogen) atoms. The molecule has 1 aromatic carbocycles. The highest BCUT2D eigenvalue weighted by molar-refractivity contribution is 7.89. The van der Waals surface area contributed by atoms with Crippen LogP contribution in [0.15, 0.2) is 23.1 Å². The Bertz CT molecular complexity index is 715. The summed E-state index contributed by atoms with van der Waals surface area (Å²) in [7, 11) is -3.84. The predicted molar refractivity (Wildman–Crippen MR) is 97.8 cm³/mol. The third-order valence-corrected chi connectivity index (χ3v) is 5.53. The predicted octanol–water partition coefficient (Wildman–Crippen LogP) is 0.712. The maximum absolute atomic E-state index is 12.5. The summed E-state index contributed by atoms with van der Waals surface area (Å²) >= 11 is 0. The largest absolute Gasteiger partial charge is 0.490 e. The molecular formula is C17H27N3O5S. The molecule has 0 bridgehead atoms. The van der Waals surface area contributed by atoms with E-state index in [1.807, 2.05) is 6.92 Å². The van der Waals surface area contributed by atoms with Crippen LogP contribution in [0.2, 0.25) is 0 Å². The first-order chi connectivity index (χ1) is 12.4. The maximum Gasteiger partial charge on any atom is 0.241 e. The monoisotopic (exact) mass is 385 g/mol. The van der Waals surface area contributed by atoms with Crippen molar-refractivity contribution in [1.82, 2.24) is 9.62 Å². The number of nitrogens with zero attached hydrogens (tertiary/aromatic N) is 1. The Morgan fingerprint density at radius 1 is 1.19 bits per heavy atom. The standard InChI is InChI=1S/C17H27N3O5S/c1-3-24-15-6-5-14(11-16(15)25-4-2)26(22,23)19-12-17(21)20-9-7-13(18)8-10-20/h5-6,11,13,19H,3-4,7-10,12,18H2,1-2H3. The number of piperidine rings is 1. The summed E-state index contributed by atoms with van der Waals surface area (Å²) in [4.78, 5) is 13.9. The Labute approximate surface area is 154 Å². The zero-order valence-electron chi connectivity index (χ0n) is 15.2. The molecule has 0 aliphatic carbocycles. The summed E-state index contributed by atoms with van der Waals surface area (Å²) < 4.78 is 38.2. The number of likely N-dealkylation sites (tertiary alicyclic amines) is 1. The van der Waals surface area contributed by atoms with E-state index in [2.05, 4.69) is 4.72 Å². The second-order valence-corrected chi connectivity index (χ2v) is 7.78. The molecule has 3 N–H and O–H groups in total. The van der Waals surface area contributed by atoms with Gasteiger partial charge >= 0.3 is 0 Å². The van der Waals surface area contributed by atoms with Gasteiger partial charge in [0.2, 0.25) is 15.9 Å². The van der Waals surface area contributed by atoms with Crippen molar-refractivity contribution in [2.45, 2.75) is 37.6 Å². The number of amides is 1. The van der Waals surface area contributed by atoms with Gasteiger partial charge in [0.05, 0.1) is 24.7 Å². The summed E-state index contributed by atoms with van der Waals surface area (Å²) in [5.74, 6) is 0.582. The van der Waals surface area contributed by atoms with E-state index in [9.17, 15) is 13.2 Å². The van der Waals surface area contributed by atoms with Gasteiger partial charge in [0.15, 0.2) is 11.5 Å². The van der Waals surface area contributed by atoms with E-state index < -0.39 is 10.0 Å². The normalized spacial score (nSPS) is 15.7. The Balaban J connectivity index is 2.04. The quantitative estimate of drug-likeness (QED) is 0.682. The molecule has 1 aliphatic rings. The molecule has 0 unspecified atom stereocenters. The third-order valence-electron chi connectivity index (χ3n) is 4.13. The van der Waals surface area contributed by atoms with Gasteiger partial charge in [-0.1, -0.05) is 0 Å². The van der Waals surface area contributed by atoms with Gasteiger partial charge in [0.1, 0.15) is 0 Å². The molecule has 0 radical (unpaired) electrons. The summed E-state index contributed by atoms with van der Waals surface area (Å²) in [6, 6.07) is 4.50. The molecule has 1 heterocycles. The first-order valence-corrected chi connectivity index (χ1v) is 10.3. The molecule has 9 heteroatoms. The molecule has 146 valence electrons.